The smallest absolute Gasteiger partial charge is 0.328 e. The Kier molecular flexibility index (Phi) is 3.62. The molecule has 1 heterocycles. The van der Waals surface area contributed by atoms with Crippen LogP contribution in [0.3, 0.4) is 0 Å². The lowest BCUT2D eigenvalue weighted by Gasteiger charge is -2.04. The summed E-state index contributed by atoms with van der Waals surface area (Å²) in [4.78, 5) is 24.5. The fraction of sp³-hybridized carbons (Fsp3) is 0.231. The standard InChI is InChI=1S/C13H15N3O2/c14-11-5-3-10(4-6-11)2-1-8-16-9-7-12(17)15-13(16)18/h3-7,9H,1-2,8,14H2,(H,15,17,18). The van der Waals surface area contributed by atoms with E-state index in [4.69, 9.17) is 5.73 Å². The Bertz CT molecular complexity index is 626. The van der Waals surface area contributed by atoms with Crippen molar-refractivity contribution in [2.45, 2.75) is 19.4 Å². The molecule has 0 atom stereocenters. The number of nitrogens with one attached hydrogen (secondary N) is 1. The van der Waals surface area contributed by atoms with Crippen LogP contribution < -0.4 is 17.0 Å². The van der Waals surface area contributed by atoms with Gasteiger partial charge in [-0.2, -0.15) is 0 Å². The van der Waals surface area contributed by atoms with Gasteiger partial charge in [0.2, 0.25) is 0 Å². The first-order valence-electron chi connectivity index (χ1n) is 5.79. The summed E-state index contributed by atoms with van der Waals surface area (Å²) in [5.74, 6) is 0. The second-order valence-corrected chi connectivity index (χ2v) is 4.15. The summed E-state index contributed by atoms with van der Waals surface area (Å²) in [6, 6.07) is 9.03. The summed E-state index contributed by atoms with van der Waals surface area (Å²) in [7, 11) is 0. The summed E-state index contributed by atoms with van der Waals surface area (Å²) in [5.41, 5.74) is 6.80. The van der Waals surface area contributed by atoms with Crippen LogP contribution in [0.5, 0.6) is 0 Å². The first-order valence-corrected chi connectivity index (χ1v) is 5.79. The van der Waals surface area contributed by atoms with Gasteiger partial charge in [0.15, 0.2) is 0 Å². The van der Waals surface area contributed by atoms with Crippen LogP contribution in [0.25, 0.3) is 0 Å². The van der Waals surface area contributed by atoms with Crippen molar-refractivity contribution in [2.24, 2.45) is 0 Å². The zero-order valence-corrected chi connectivity index (χ0v) is 9.93. The fourth-order valence-electron chi connectivity index (χ4n) is 1.76. The predicted octanol–water partition coefficient (Wildman–Crippen LogP) is 0.752. The number of benzene rings is 1. The van der Waals surface area contributed by atoms with Crippen molar-refractivity contribution in [3.8, 4) is 0 Å². The monoisotopic (exact) mass is 245 g/mol. The van der Waals surface area contributed by atoms with Crippen LogP contribution in [-0.2, 0) is 13.0 Å². The Hall–Kier alpha value is -2.30. The molecule has 5 nitrogen and oxygen atoms in total. The highest BCUT2D eigenvalue weighted by molar-refractivity contribution is 5.39. The van der Waals surface area contributed by atoms with Crippen molar-refractivity contribution < 1.29 is 0 Å². The summed E-state index contributed by atoms with van der Waals surface area (Å²) in [6.07, 6.45) is 3.21. The van der Waals surface area contributed by atoms with Gasteiger partial charge in [0.25, 0.3) is 5.56 Å². The van der Waals surface area contributed by atoms with Gasteiger partial charge in [0, 0.05) is 24.5 Å². The summed E-state index contributed by atoms with van der Waals surface area (Å²) < 4.78 is 1.50. The second kappa shape index (κ2) is 5.35. The van der Waals surface area contributed by atoms with E-state index in [0.29, 0.717) is 6.54 Å². The molecule has 94 valence electrons. The van der Waals surface area contributed by atoms with Gasteiger partial charge in [-0.15, -0.1) is 0 Å². The Labute approximate surface area is 104 Å². The average molecular weight is 245 g/mol. The minimum Gasteiger partial charge on any atom is -0.399 e. The van der Waals surface area contributed by atoms with Crippen molar-refractivity contribution in [1.29, 1.82) is 0 Å². The first-order chi connectivity index (χ1) is 8.65. The third-order valence-corrected chi connectivity index (χ3v) is 2.74. The van der Waals surface area contributed by atoms with E-state index in [2.05, 4.69) is 4.98 Å². The van der Waals surface area contributed by atoms with Crippen LogP contribution >= 0.6 is 0 Å². The van der Waals surface area contributed by atoms with Crippen LogP contribution in [0.1, 0.15) is 12.0 Å². The lowest BCUT2D eigenvalue weighted by atomic mass is 10.1. The number of nitrogens with two attached hydrogens (primary N) is 1. The van der Waals surface area contributed by atoms with Gasteiger partial charge in [-0.05, 0) is 30.5 Å². The molecule has 18 heavy (non-hydrogen) atoms. The highest BCUT2D eigenvalue weighted by atomic mass is 16.2. The molecule has 0 saturated heterocycles. The van der Waals surface area contributed by atoms with Crippen LogP contribution in [0.15, 0.2) is 46.1 Å². The second-order valence-electron chi connectivity index (χ2n) is 4.15. The highest BCUT2D eigenvalue weighted by Gasteiger charge is 1.97. The molecule has 1 aromatic heterocycles. The number of rotatable bonds is 4. The average Bonchev–Trinajstić information content (AvgIpc) is 2.34. The Morgan fingerprint density at radius 1 is 1.11 bits per heavy atom. The van der Waals surface area contributed by atoms with Crippen molar-refractivity contribution in [3.05, 3.63) is 62.9 Å². The number of nitrogen functional groups attached to an aromatic ring is 1. The van der Waals surface area contributed by atoms with E-state index in [1.165, 1.54) is 22.4 Å². The number of hydrogen-bond donors (Lipinski definition) is 2. The molecule has 1 aromatic carbocycles. The van der Waals surface area contributed by atoms with Gasteiger partial charge in [0.05, 0.1) is 0 Å². The number of nitrogens with zero attached hydrogens (tertiary/aromatic N) is 1. The van der Waals surface area contributed by atoms with Crippen molar-refractivity contribution in [1.82, 2.24) is 9.55 Å². The van der Waals surface area contributed by atoms with Crippen LogP contribution in [0.2, 0.25) is 0 Å². The minimum absolute atomic E-state index is 0.361. The molecule has 0 fully saturated rings. The zero-order chi connectivity index (χ0) is 13.0. The number of anilines is 1. The number of H-pyrrole nitrogens is 1. The summed E-state index contributed by atoms with van der Waals surface area (Å²) in [6.45, 7) is 0.583. The molecule has 2 aromatic rings. The van der Waals surface area contributed by atoms with Crippen LogP contribution in [0.4, 0.5) is 5.69 Å². The number of hydrogen-bond acceptors (Lipinski definition) is 3. The molecule has 5 heteroatoms. The molecule has 0 saturated carbocycles. The minimum atomic E-state index is -0.366. The molecule has 0 aliphatic carbocycles. The largest absolute Gasteiger partial charge is 0.399 e. The molecule has 0 amide bonds. The lowest BCUT2D eigenvalue weighted by molar-refractivity contribution is 0.605. The molecule has 0 spiro atoms. The normalized spacial score (nSPS) is 10.4. The summed E-state index contributed by atoms with van der Waals surface area (Å²) in [5, 5.41) is 0. The maximum absolute atomic E-state index is 11.4. The van der Waals surface area contributed by atoms with Crippen molar-refractivity contribution >= 4 is 5.69 Å². The third kappa shape index (κ3) is 3.10. The van der Waals surface area contributed by atoms with Gasteiger partial charge < -0.3 is 10.3 Å². The van der Waals surface area contributed by atoms with Crippen molar-refractivity contribution in [3.63, 3.8) is 0 Å². The third-order valence-electron chi connectivity index (χ3n) is 2.74. The van der Waals surface area contributed by atoms with E-state index >= 15 is 0 Å². The number of aromatic amines is 1. The van der Waals surface area contributed by atoms with Crippen LogP contribution in [0, 0.1) is 0 Å². The van der Waals surface area contributed by atoms with Crippen LogP contribution in [-0.4, -0.2) is 9.55 Å². The zero-order valence-electron chi connectivity index (χ0n) is 9.93. The molecular formula is C13H15N3O2. The molecule has 2 rings (SSSR count). The molecule has 0 unspecified atom stereocenters. The molecule has 0 aliphatic rings. The Balaban J connectivity index is 1.94. The predicted molar refractivity (Wildman–Crippen MR) is 70.5 cm³/mol. The molecule has 3 N–H and O–H groups in total. The Morgan fingerprint density at radius 2 is 1.83 bits per heavy atom. The van der Waals surface area contributed by atoms with E-state index in [1.54, 1.807) is 0 Å². The lowest BCUT2D eigenvalue weighted by Crippen LogP contribution is -2.28. The molecule has 0 radical (unpaired) electrons. The number of aromatic nitrogens is 2. The Morgan fingerprint density at radius 3 is 2.50 bits per heavy atom. The maximum atomic E-state index is 11.4. The van der Waals surface area contributed by atoms with Gasteiger partial charge in [0.1, 0.15) is 0 Å². The molecular weight excluding hydrogens is 230 g/mol. The molecule has 0 aliphatic heterocycles. The van der Waals surface area contributed by atoms with E-state index in [9.17, 15) is 9.59 Å². The SMILES string of the molecule is Nc1ccc(CCCn2ccc(=O)[nH]c2=O)cc1. The topological polar surface area (TPSA) is 80.9 Å². The van der Waals surface area contributed by atoms with E-state index in [-0.39, 0.29) is 11.2 Å². The maximum Gasteiger partial charge on any atom is 0.328 e. The van der Waals surface area contributed by atoms with Gasteiger partial charge in [-0.1, -0.05) is 12.1 Å². The van der Waals surface area contributed by atoms with E-state index in [0.717, 1.165) is 18.5 Å². The molecule has 0 bridgehead atoms. The summed E-state index contributed by atoms with van der Waals surface area (Å²) >= 11 is 0. The van der Waals surface area contributed by atoms with Gasteiger partial charge >= 0.3 is 5.69 Å². The highest BCUT2D eigenvalue weighted by Crippen LogP contribution is 2.07. The quantitative estimate of drug-likeness (QED) is 0.780. The van der Waals surface area contributed by atoms with E-state index < -0.39 is 0 Å². The number of aryl methyl sites for hydroxylation is 2. The fourth-order valence-corrected chi connectivity index (χ4v) is 1.76. The van der Waals surface area contributed by atoms with Crippen molar-refractivity contribution in [2.75, 3.05) is 5.73 Å². The van der Waals surface area contributed by atoms with Gasteiger partial charge in [-0.25, -0.2) is 4.79 Å². The van der Waals surface area contributed by atoms with Gasteiger partial charge in [-0.3, -0.25) is 9.78 Å². The first kappa shape index (κ1) is 12.2. The van der Waals surface area contributed by atoms with E-state index in [1.807, 2.05) is 24.3 Å².